The lowest BCUT2D eigenvalue weighted by Crippen LogP contribution is -2.32. The molecule has 8 heteroatoms. The zero-order valence-corrected chi connectivity index (χ0v) is 17.4. The minimum absolute atomic E-state index is 0.248. The van der Waals surface area contributed by atoms with Crippen molar-refractivity contribution < 1.29 is 33.3 Å². The average Bonchev–Trinajstić information content (AvgIpc) is 2.67. The van der Waals surface area contributed by atoms with Crippen molar-refractivity contribution >= 4 is 17.9 Å². The van der Waals surface area contributed by atoms with Gasteiger partial charge >= 0.3 is 17.9 Å². The van der Waals surface area contributed by atoms with Crippen LogP contribution < -0.4 is 14.8 Å². The molecule has 0 amide bonds. The summed E-state index contributed by atoms with van der Waals surface area (Å²) < 4.78 is 20.7. The number of dihydropyridines is 1. The van der Waals surface area contributed by atoms with Crippen molar-refractivity contribution in [2.45, 2.75) is 33.6 Å². The van der Waals surface area contributed by atoms with Crippen LogP contribution >= 0.6 is 0 Å². The highest BCUT2D eigenvalue weighted by atomic mass is 16.6. The van der Waals surface area contributed by atoms with Gasteiger partial charge in [-0.3, -0.25) is 4.79 Å². The van der Waals surface area contributed by atoms with Crippen LogP contribution in [-0.4, -0.2) is 38.7 Å². The van der Waals surface area contributed by atoms with Crippen molar-refractivity contribution in [2.24, 2.45) is 0 Å². The number of esters is 3. The quantitative estimate of drug-likeness (QED) is 0.571. The zero-order chi connectivity index (χ0) is 21.7. The molecule has 0 aliphatic carbocycles. The number of nitrogens with one attached hydrogen (secondary N) is 1. The largest absolute Gasteiger partial charge is 0.490 e. The second kappa shape index (κ2) is 9.27. The van der Waals surface area contributed by atoms with Crippen molar-refractivity contribution in [3.8, 4) is 11.5 Å². The fourth-order valence-electron chi connectivity index (χ4n) is 3.30. The van der Waals surface area contributed by atoms with Crippen LogP contribution in [-0.2, 0) is 23.9 Å². The Hall–Kier alpha value is -3.29. The van der Waals surface area contributed by atoms with Crippen LogP contribution in [0.5, 0.6) is 11.5 Å². The molecule has 8 nitrogen and oxygen atoms in total. The van der Waals surface area contributed by atoms with Crippen LogP contribution in [0.15, 0.2) is 40.7 Å². The van der Waals surface area contributed by atoms with Crippen LogP contribution in [0, 0.1) is 0 Å². The molecule has 0 radical (unpaired) electrons. The van der Waals surface area contributed by atoms with E-state index < -0.39 is 23.8 Å². The van der Waals surface area contributed by atoms with Gasteiger partial charge in [-0.1, -0.05) is 6.07 Å². The number of carbonyl (C=O) groups excluding carboxylic acids is 3. The topological polar surface area (TPSA) is 100 Å². The lowest BCUT2D eigenvalue weighted by atomic mass is 9.80. The number of hydrogen-bond acceptors (Lipinski definition) is 8. The maximum Gasteiger partial charge on any atom is 0.336 e. The first kappa shape index (κ1) is 22.0. The molecule has 0 bridgehead atoms. The third-order valence-electron chi connectivity index (χ3n) is 4.43. The van der Waals surface area contributed by atoms with Gasteiger partial charge in [0.25, 0.3) is 0 Å². The Morgan fingerprint density at radius 3 is 1.97 bits per heavy atom. The minimum atomic E-state index is -0.748. The number of allylic oxidation sites excluding steroid dienone is 2. The molecule has 1 aliphatic rings. The molecule has 0 unspecified atom stereocenters. The molecule has 1 heterocycles. The SMILES string of the molecule is CCOc1cc(C2C(C(=O)OC)=C(C)NC(C)=C2C(=O)OC)ccc1OC(C)=O. The van der Waals surface area contributed by atoms with E-state index in [0.717, 1.165) is 0 Å². The summed E-state index contributed by atoms with van der Waals surface area (Å²) in [5.74, 6) is -1.81. The van der Waals surface area contributed by atoms with Crippen LogP contribution in [0.2, 0.25) is 0 Å². The molecular weight excluding hydrogens is 378 g/mol. The molecule has 1 aromatic rings. The summed E-state index contributed by atoms with van der Waals surface area (Å²) in [6.07, 6.45) is 0. The molecule has 0 saturated carbocycles. The van der Waals surface area contributed by atoms with E-state index in [1.807, 2.05) is 0 Å². The smallest absolute Gasteiger partial charge is 0.336 e. The summed E-state index contributed by atoms with van der Waals surface area (Å²) in [5, 5.41) is 3.04. The highest BCUT2D eigenvalue weighted by molar-refractivity contribution is 5.99. The first-order valence-corrected chi connectivity index (χ1v) is 9.05. The Morgan fingerprint density at radius 2 is 1.52 bits per heavy atom. The monoisotopic (exact) mass is 403 g/mol. The predicted octanol–water partition coefficient (Wildman–Crippen LogP) is 2.59. The molecule has 29 heavy (non-hydrogen) atoms. The number of ether oxygens (including phenoxy) is 4. The van der Waals surface area contributed by atoms with E-state index in [9.17, 15) is 14.4 Å². The summed E-state index contributed by atoms with van der Waals surface area (Å²) in [4.78, 5) is 36.5. The van der Waals surface area contributed by atoms with Crippen LogP contribution in [0.1, 0.15) is 39.2 Å². The van der Waals surface area contributed by atoms with Crippen molar-refractivity contribution in [3.63, 3.8) is 0 Å². The number of benzene rings is 1. The average molecular weight is 403 g/mol. The maximum absolute atomic E-state index is 12.6. The summed E-state index contributed by atoms with van der Waals surface area (Å²) in [6, 6.07) is 4.88. The fourth-order valence-corrected chi connectivity index (χ4v) is 3.30. The lowest BCUT2D eigenvalue weighted by molar-refractivity contribution is -0.137. The van der Waals surface area contributed by atoms with Gasteiger partial charge in [-0.25, -0.2) is 9.59 Å². The third-order valence-corrected chi connectivity index (χ3v) is 4.43. The Kier molecular flexibility index (Phi) is 7.03. The maximum atomic E-state index is 12.6. The van der Waals surface area contributed by atoms with Crippen molar-refractivity contribution in [2.75, 3.05) is 20.8 Å². The second-order valence-electron chi connectivity index (χ2n) is 6.35. The lowest BCUT2D eigenvalue weighted by Gasteiger charge is -2.30. The van der Waals surface area contributed by atoms with Crippen LogP contribution in [0.25, 0.3) is 0 Å². The number of hydrogen-bond donors (Lipinski definition) is 1. The molecule has 0 saturated heterocycles. The van der Waals surface area contributed by atoms with Crippen LogP contribution in [0.3, 0.4) is 0 Å². The van der Waals surface area contributed by atoms with Crippen molar-refractivity contribution in [1.29, 1.82) is 0 Å². The Bertz CT molecular complexity index is 860. The number of carbonyl (C=O) groups is 3. The van der Waals surface area contributed by atoms with E-state index in [0.29, 0.717) is 29.3 Å². The molecule has 156 valence electrons. The summed E-state index contributed by atoms with van der Waals surface area (Å²) in [5.41, 5.74) is 2.27. The van der Waals surface area contributed by atoms with Gasteiger partial charge < -0.3 is 24.3 Å². The van der Waals surface area contributed by atoms with Gasteiger partial charge in [-0.05, 0) is 38.5 Å². The normalized spacial score (nSPS) is 14.3. The Morgan fingerprint density at radius 1 is 0.966 bits per heavy atom. The molecular formula is C21H25NO7. The molecule has 0 atom stereocenters. The summed E-state index contributed by atoms with van der Waals surface area (Å²) >= 11 is 0. The Balaban J connectivity index is 2.70. The first-order chi connectivity index (χ1) is 13.7. The standard InChI is InChI=1S/C21H25NO7/c1-7-28-16-10-14(8-9-15(16)29-13(4)23)19-17(20(24)26-5)11(2)22-12(3)18(19)21(25)27-6/h8-10,19,22H,7H2,1-6H3. The van der Waals surface area contributed by atoms with Gasteiger partial charge in [0, 0.05) is 18.3 Å². The highest BCUT2D eigenvalue weighted by Gasteiger charge is 2.38. The van der Waals surface area contributed by atoms with Gasteiger partial charge in [-0.15, -0.1) is 0 Å². The van der Waals surface area contributed by atoms with E-state index >= 15 is 0 Å². The molecule has 1 aliphatic heterocycles. The molecule has 1 aromatic carbocycles. The van der Waals surface area contributed by atoms with E-state index in [1.54, 1.807) is 39.0 Å². The minimum Gasteiger partial charge on any atom is -0.490 e. The summed E-state index contributed by atoms with van der Waals surface area (Å²) in [7, 11) is 2.55. The fraction of sp³-hybridized carbons (Fsp3) is 0.381. The first-order valence-electron chi connectivity index (χ1n) is 9.05. The van der Waals surface area contributed by atoms with Gasteiger partial charge in [0.05, 0.1) is 37.9 Å². The van der Waals surface area contributed by atoms with E-state index in [1.165, 1.54) is 21.1 Å². The molecule has 0 aromatic heterocycles. The van der Waals surface area contributed by atoms with Crippen molar-refractivity contribution in [1.82, 2.24) is 5.32 Å². The summed E-state index contributed by atoms with van der Waals surface area (Å²) in [6.45, 7) is 6.88. The van der Waals surface area contributed by atoms with Crippen LogP contribution in [0.4, 0.5) is 0 Å². The molecule has 0 spiro atoms. The van der Waals surface area contributed by atoms with Crippen molar-refractivity contribution in [3.05, 3.63) is 46.3 Å². The number of rotatable bonds is 6. The second-order valence-corrected chi connectivity index (χ2v) is 6.35. The van der Waals surface area contributed by atoms with Gasteiger partial charge in [0.1, 0.15) is 0 Å². The molecule has 1 N–H and O–H groups in total. The van der Waals surface area contributed by atoms with E-state index in [-0.39, 0.29) is 16.9 Å². The Labute approximate surface area is 169 Å². The number of methoxy groups -OCH3 is 2. The highest BCUT2D eigenvalue weighted by Crippen LogP contribution is 2.42. The molecule has 0 fully saturated rings. The van der Waals surface area contributed by atoms with Gasteiger partial charge in [0.2, 0.25) is 0 Å². The van der Waals surface area contributed by atoms with Gasteiger partial charge in [0.15, 0.2) is 11.5 Å². The van der Waals surface area contributed by atoms with E-state index in [4.69, 9.17) is 18.9 Å². The molecule has 2 rings (SSSR count). The zero-order valence-electron chi connectivity index (χ0n) is 17.4. The predicted molar refractivity (Wildman–Crippen MR) is 104 cm³/mol. The van der Waals surface area contributed by atoms with Gasteiger partial charge in [-0.2, -0.15) is 0 Å². The third kappa shape index (κ3) is 4.59. The van der Waals surface area contributed by atoms with E-state index in [2.05, 4.69) is 5.32 Å².